The van der Waals surface area contributed by atoms with Crippen LogP contribution >= 0.6 is 0 Å². The first-order chi connectivity index (χ1) is 10.7. The van der Waals surface area contributed by atoms with E-state index in [4.69, 9.17) is 56.7 Å². The summed E-state index contributed by atoms with van der Waals surface area (Å²) < 4.78 is 5.11. The Morgan fingerprint density at radius 2 is 1.42 bits per heavy atom. The van der Waals surface area contributed by atoms with Gasteiger partial charge in [-0.05, 0) is 32.2 Å². The summed E-state index contributed by atoms with van der Waals surface area (Å²) in [6, 6.07) is -0.737. The van der Waals surface area contributed by atoms with Crippen LogP contribution in [0.4, 0.5) is 0 Å². The Kier molecular flexibility index (Phi) is 12.7. The Bertz CT molecular complexity index is 403. The first-order valence-electron chi connectivity index (χ1n) is 7.55. The molecule has 0 N–H and O–H groups in total. The van der Waals surface area contributed by atoms with E-state index in [-0.39, 0.29) is 5.92 Å². The van der Waals surface area contributed by atoms with E-state index in [0.717, 1.165) is 0 Å². The molecule has 0 amide bonds. The van der Waals surface area contributed by atoms with E-state index >= 15 is 0 Å². The van der Waals surface area contributed by atoms with Crippen LogP contribution in [0.1, 0.15) is 34.6 Å². The molecular weight excluding hydrogens is 290 g/mol. The smallest absolute Gasteiger partial charge is 0.315 e. The third-order valence-corrected chi connectivity index (χ3v) is 2.79. The second kappa shape index (κ2) is 11.9. The van der Waals surface area contributed by atoms with Crippen LogP contribution < -0.4 is 0 Å². The zero-order chi connectivity index (χ0) is 19.7. The molecule has 0 unspecified atom stereocenters. The minimum absolute atomic E-state index is 0.0549. The Balaban J connectivity index is 0. The number of carbonyl (C=O) groups excluding carboxylic acids is 1. The maximum absolute atomic E-state index is 11.5. The molecule has 0 saturated heterocycles. The second-order valence-electron chi connectivity index (χ2n) is 6.74. The van der Waals surface area contributed by atoms with Gasteiger partial charge in [-0.25, -0.2) is 0 Å². The fourth-order valence-corrected chi connectivity index (χ4v) is 1.64. The maximum atomic E-state index is 11.5. The van der Waals surface area contributed by atoms with Crippen molar-refractivity contribution in [2.24, 2.45) is 11.0 Å². The molecule has 0 saturated carbocycles. The van der Waals surface area contributed by atoms with Crippen LogP contribution in [0, 0.1) is 5.92 Å². The van der Waals surface area contributed by atoms with Crippen LogP contribution in [0.25, 0.3) is 10.4 Å². The summed E-state index contributed by atoms with van der Waals surface area (Å²) in [7, 11) is 31.8. The molecule has 0 bridgehead atoms. The number of ether oxygens (including phenoxy) is 1. The summed E-state index contributed by atoms with van der Waals surface area (Å²) in [6.07, 6.45) is -2.44. The average Bonchev–Trinajstić information content (AvgIpc) is 2.32. The number of hydrogen-bond donors (Lipinski definition) is 0. The highest BCUT2D eigenvalue weighted by atomic mass is 16.6. The lowest BCUT2D eigenvalue weighted by Gasteiger charge is -2.23. The highest BCUT2D eigenvalue weighted by Gasteiger charge is 2.26. The van der Waals surface area contributed by atoms with E-state index in [1.807, 2.05) is 13.8 Å². The van der Waals surface area contributed by atoms with Crippen LogP contribution in [0.5, 0.6) is 0 Å². The first kappa shape index (κ1) is 25.7. The molecule has 0 aliphatic heterocycles. The van der Waals surface area contributed by atoms with Gasteiger partial charge in [-0.2, -0.15) is 0 Å². The van der Waals surface area contributed by atoms with Crippen LogP contribution in [-0.4, -0.2) is 89.6 Å². The summed E-state index contributed by atoms with van der Waals surface area (Å²) >= 11 is 0. The Morgan fingerprint density at radius 1 is 1.04 bits per heavy atom. The molecule has 0 aromatic rings. The fourth-order valence-electron chi connectivity index (χ4n) is 1.64. The molecule has 12 radical (unpaired) electrons. The molecule has 0 heterocycles. The van der Waals surface area contributed by atoms with Crippen molar-refractivity contribution in [3.63, 3.8) is 0 Å². The number of azide groups is 1. The van der Waals surface area contributed by atoms with Crippen molar-refractivity contribution in [3.8, 4) is 0 Å². The molecule has 0 spiro atoms. The van der Waals surface area contributed by atoms with Gasteiger partial charge in [0.2, 0.25) is 0 Å². The van der Waals surface area contributed by atoms with Gasteiger partial charge < -0.3 is 4.74 Å². The summed E-state index contributed by atoms with van der Waals surface area (Å²) in [5, 5.41) is 3.41. The van der Waals surface area contributed by atoms with E-state index < -0.39 is 43.2 Å². The van der Waals surface area contributed by atoms with Crippen LogP contribution in [-0.2, 0) is 9.53 Å². The first-order valence-corrected chi connectivity index (χ1v) is 7.55. The van der Waals surface area contributed by atoms with Crippen molar-refractivity contribution in [3.05, 3.63) is 10.4 Å². The lowest BCUT2D eigenvalue weighted by Crippen LogP contribution is -2.62. The summed E-state index contributed by atoms with van der Waals surface area (Å²) in [6.45, 7) is 8.95. The van der Waals surface area contributed by atoms with Gasteiger partial charge in [0.15, 0.2) is 0 Å². The highest BCUT2D eigenvalue weighted by molar-refractivity contribution is 8.00. The van der Waals surface area contributed by atoms with Crippen molar-refractivity contribution < 1.29 is 9.53 Å². The molecule has 0 aromatic carbocycles. The van der Waals surface area contributed by atoms with E-state index in [2.05, 4.69) is 10.0 Å². The molecule has 15 heteroatoms. The molecule has 0 rings (SSSR count). The number of hydrogen-bond acceptors (Lipinski definition) is 3. The zero-order valence-electron chi connectivity index (χ0n) is 15.1. The van der Waals surface area contributed by atoms with Gasteiger partial charge in [-0.1, -0.05) is 19.0 Å². The SMILES string of the molecule is CC(C)[C@H](N=[N+]=[N-])C(=O)OC(C)(C)C.[B]B([B])B(B([B])[B])B([B])[B]. The quantitative estimate of drug-likeness (QED) is 0.204. The van der Waals surface area contributed by atoms with Crippen molar-refractivity contribution in [2.75, 3.05) is 0 Å². The van der Waals surface area contributed by atoms with Gasteiger partial charge in [-0.3, -0.25) is 4.79 Å². The predicted molar refractivity (Wildman–Crippen MR) is 111 cm³/mol. The molecule has 0 aromatic heterocycles. The third kappa shape index (κ3) is 11.9. The lowest BCUT2D eigenvalue weighted by molar-refractivity contribution is -0.157. The molecule has 24 heavy (non-hydrogen) atoms. The molecule has 1 atom stereocenters. The largest absolute Gasteiger partial charge is 0.460 e. The molecule has 5 nitrogen and oxygen atoms in total. The lowest BCUT2D eigenvalue weighted by atomic mass is 8.58. The Hall–Kier alpha value is -0.571. The summed E-state index contributed by atoms with van der Waals surface area (Å²) in [5.74, 6) is -0.522. The Labute approximate surface area is 155 Å². The molecular formula is C9H17B10N3O2. The monoisotopic (exact) mass is 309 g/mol. The van der Waals surface area contributed by atoms with Crippen molar-refractivity contribution in [1.29, 1.82) is 0 Å². The van der Waals surface area contributed by atoms with Gasteiger partial charge in [0.1, 0.15) is 11.6 Å². The van der Waals surface area contributed by atoms with E-state index in [0.29, 0.717) is 0 Å². The number of carbonyl (C=O) groups is 1. The van der Waals surface area contributed by atoms with E-state index in [1.165, 1.54) is 0 Å². The predicted octanol–water partition coefficient (Wildman–Crippen LogP) is -1.14. The topological polar surface area (TPSA) is 75.1 Å². The standard InChI is InChI=1S/C9H17N3O2.B10/c1-6(2)7(11-12-10)8(13)14-9(3,4)5;1-7(2)10(8(3)4)9(5)6/h6-7H,1-5H3;/t7-;/m0./s1. The number of rotatable bonds is 6. The van der Waals surface area contributed by atoms with Crippen molar-refractivity contribution in [2.45, 2.75) is 46.3 Å². The fraction of sp³-hybridized carbons (Fsp3) is 0.889. The zero-order valence-corrected chi connectivity index (χ0v) is 15.1. The van der Waals surface area contributed by atoms with E-state index in [1.54, 1.807) is 20.8 Å². The van der Waals surface area contributed by atoms with Gasteiger partial charge in [0, 0.05) is 76.9 Å². The van der Waals surface area contributed by atoms with Crippen LogP contribution in [0.3, 0.4) is 0 Å². The average molecular weight is 307 g/mol. The second-order valence-corrected chi connectivity index (χ2v) is 6.74. The van der Waals surface area contributed by atoms with Crippen LogP contribution in [0.2, 0.25) is 0 Å². The summed E-state index contributed by atoms with van der Waals surface area (Å²) in [4.78, 5) is 14.1. The normalized spacial score (nSPS) is 11.2. The van der Waals surface area contributed by atoms with Crippen LogP contribution in [0.15, 0.2) is 5.11 Å². The summed E-state index contributed by atoms with van der Waals surface area (Å²) in [5.41, 5.74) is 7.74. The molecule has 0 aliphatic carbocycles. The van der Waals surface area contributed by atoms with E-state index in [9.17, 15) is 4.79 Å². The molecule has 110 valence electrons. The van der Waals surface area contributed by atoms with Crippen molar-refractivity contribution in [1.82, 2.24) is 0 Å². The molecule has 0 fully saturated rings. The molecule has 0 aliphatic rings. The van der Waals surface area contributed by atoms with Gasteiger partial charge in [0.05, 0.1) is 0 Å². The van der Waals surface area contributed by atoms with Crippen molar-refractivity contribution >= 4 is 77.9 Å². The highest BCUT2D eigenvalue weighted by Crippen LogP contribution is 2.14. The minimum atomic E-state index is -0.737. The number of esters is 1. The third-order valence-electron chi connectivity index (χ3n) is 2.79. The van der Waals surface area contributed by atoms with Gasteiger partial charge in [-0.15, -0.1) is 0 Å². The minimum Gasteiger partial charge on any atom is -0.460 e. The maximum Gasteiger partial charge on any atom is 0.315 e. The Morgan fingerprint density at radius 3 is 1.58 bits per heavy atom. The van der Waals surface area contributed by atoms with Gasteiger partial charge >= 0.3 is 5.97 Å². The van der Waals surface area contributed by atoms with Gasteiger partial charge in [0.25, 0.3) is 0 Å². The number of nitrogens with zero attached hydrogens (tertiary/aromatic N) is 3.